The molecule has 2 rings (SSSR count). The molecule has 1 aliphatic rings. The van der Waals surface area contributed by atoms with Crippen LogP contribution in [0.15, 0.2) is 24.3 Å². The molecular formula is C14H22N2O2. The first kappa shape index (κ1) is 13.3. The summed E-state index contributed by atoms with van der Waals surface area (Å²) >= 11 is 0. The molecule has 100 valence electrons. The first-order chi connectivity index (χ1) is 8.74. The van der Waals surface area contributed by atoms with Gasteiger partial charge >= 0.3 is 0 Å². The number of anilines is 1. The predicted octanol–water partition coefficient (Wildman–Crippen LogP) is 1.60. The average molecular weight is 250 g/mol. The molecule has 0 aromatic heterocycles. The summed E-state index contributed by atoms with van der Waals surface area (Å²) in [6, 6.07) is 8.95. The number of hydrogen-bond donors (Lipinski definition) is 1. The number of ether oxygens (including phenoxy) is 2. The van der Waals surface area contributed by atoms with E-state index in [0.29, 0.717) is 6.04 Å². The maximum absolute atomic E-state index is 5.31. The second-order valence-corrected chi connectivity index (χ2v) is 4.72. The zero-order chi connectivity index (χ0) is 13.0. The molecule has 0 fully saturated rings. The summed E-state index contributed by atoms with van der Waals surface area (Å²) < 4.78 is 10.6. The fraction of sp³-hybridized carbons (Fsp3) is 0.571. The third-order valence-electron chi connectivity index (χ3n) is 3.36. The summed E-state index contributed by atoms with van der Waals surface area (Å²) in [5.74, 6) is 0. The molecule has 0 radical (unpaired) electrons. The van der Waals surface area contributed by atoms with Crippen molar-refractivity contribution in [2.24, 2.45) is 0 Å². The summed E-state index contributed by atoms with van der Waals surface area (Å²) in [5.41, 5.74) is 2.60. The van der Waals surface area contributed by atoms with Gasteiger partial charge in [-0.2, -0.15) is 0 Å². The first-order valence-corrected chi connectivity index (χ1v) is 6.36. The van der Waals surface area contributed by atoms with E-state index in [1.54, 1.807) is 14.2 Å². The number of benzene rings is 1. The van der Waals surface area contributed by atoms with Gasteiger partial charge in [-0.25, -0.2) is 0 Å². The molecule has 0 saturated carbocycles. The predicted molar refractivity (Wildman–Crippen MR) is 72.8 cm³/mol. The summed E-state index contributed by atoms with van der Waals surface area (Å²) in [6.07, 6.45) is -0.191. The highest BCUT2D eigenvalue weighted by atomic mass is 16.7. The maximum atomic E-state index is 5.31. The Bertz CT molecular complexity index is 380. The molecular weight excluding hydrogens is 228 g/mol. The Morgan fingerprint density at radius 3 is 2.78 bits per heavy atom. The average Bonchev–Trinajstić information content (AvgIpc) is 2.56. The van der Waals surface area contributed by atoms with Crippen LogP contribution in [0.1, 0.15) is 12.5 Å². The first-order valence-electron chi connectivity index (χ1n) is 6.36. The molecule has 0 aliphatic carbocycles. The van der Waals surface area contributed by atoms with Crippen molar-refractivity contribution >= 4 is 5.69 Å². The molecule has 0 amide bonds. The van der Waals surface area contributed by atoms with E-state index in [-0.39, 0.29) is 6.29 Å². The minimum absolute atomic E-state index is 0.191. The van der Waals surface area contributed by atoms with Crippen molar-refractivity contribution in [2.75, 3.05) is 32.2 Å². The molecule has 0 saturated heterocycles. The number of nitrogens with one attached hydrogen (secondary N) is 1. The molecule has 4 nitrogen and oxygen atoms in total. The second-order valence-electron chi connectivity index (χ2n) is 4.72. The van der Waals surface area contributed by atoms with Gasteiger partial charge in [-0.1, -0.05) is 18.2 Å². The van der Waals surface area contributed by atoms with E-state index in [4.69, 9.17) is 9.47 Å². The number of methoxy groups -OCH3 is 2. The van der Waals surface area contributed by atoms with Gasteiger partial charge < -0.3 is 19.7 Å². The van der Waals surface area contributed by atoms with Crippen molar-refractivity contribution < 1.29 is 9.47 Å². The molecule has 1 heterocycles. The molecule has 4 heteroatoms. The Labute approximate surface area is 109 Å². The minimum atomic E-state index is -0.191. The summed E-state index contributed by atoms with van der Waals surface area (Å²) in [7, 11) is 3.36. The Hall–Kier alpha value is -1.10. The Morgan fingerprint density at radius 2 is 2.06 bits per heavy atom. The van der Waals surface area contributed by atoms with Crippen LogP contribution in [0.2, 0.25) is 0 Å². The molecule has 18 heavy (non-hydrogen) atoms. The number of hydrogen-bond acceptors (Lipinski definition) is 4. The third-order valence-corrected chi connectivity index (χ3v) is 3.36. The molecule has 1 unspecified atom stereocenters. The number of para-hydroxylation sites is 1. The Kier molecular flexibility index (Phi) is 4.58. The van der Waals surface area contributed by atoms with Crippen LogP contribution in [-0.4, -0.2) is 39.6 Å². The quantitative estimate of drug-likeness (QED) is 0.823. The molecule has 1 aromatic carbocycles. The number of nitrogens with zero attached hydrogens (tertiary/aromatic N) is 1. The van der Waals surface area contributed by atoms with Crippen molar-refractivity contribution in [3.8, 4) is 0 Å². The number of fused-ring (bicyclic) bond motifs is 1. The van der Waals surface area contributed by atoms with Crippen molar-refractivity contribution in [3.05, 3.63) is 29.8 Å². The normalized spacial score (nSPS) is 19.8. The van der Waals surface area contributed by atoms with Gasteiger partial charge in [-0.15, -0.1) is 0 Å². The molecule has 1 atom stereocenters. The van der Waals surface area contributed by atoms with Crippen molar-refractivity contribution in [1.82, 2.24) is 5.32 Å². The Morgan fingerprint density at radius 1 is 1.33 bits per heavy atom. The van der Waals surface area contributed by atoms with Gasteiger partial charge in [-0.3, -0.25) is 0 Å². The van der Waals surface area contributed by atoms with Gasteiger partial charge in [0.15, 0.2) is 6.29 Å². The lowest BCUT2D eigenvalue weighted by Crippen LogP contribution is -2.41. The van der Waals surface area contributed by atoms with Crippen molar-refractivity contribution in [1.29, 1.82) is 0 Å². The summed E-state index contributed by atoms with van der Waals surface area (Å²) in [4.78, 5) is 2.33. The fourth-order valence-electron chi connectivity index (χ4n) is 2.34. The van der Waals surface area contributed by atoms with Crippen molar-refractivity contribution in [2.45, 2.75) is 25.8 Å². The summed E-state index contributed by atoms with van der Waals surface area (Å²) in [6.45, 7) is 4.82. The maximum Gasteiger partial charge on any atom is 0.174 e. The smallest absolute Gasteiger partial charge is 0.174 e. The third kappa shape index (κ3) is 3.02. The van der Waals surface area contributed by atoms with Gasteiger partial charge in [0.25, 0.3) is 0 Å². The molecule has 0 bridgehead atoms. The zero-order valence-electron chi connectivity index (χ0n) is 11.3. The lowest BCUT2D eigenvalue weighted by atomic mass is 10.1. The van der Waals surface area contributed by atoms with Gasteiger partial charge in [0.05, 0.1) is 6.54 Å². The highest BCUT2D eigenvalue weighted by molar-refractivity contribution is 5.54. The van der Waals surface area contributed by atoms with Crippen LogP contribution in [0.3, 0.4) is 0 Å². The van der Waals surface area contributed by atoms with E-state index in [1.165, 1.54) is 11.3 Å². The van der Waals surface area contributed by atoms with Gasteiger partial charge in [-0.05, 0) is 18.6 Å². The minimum Gasteiger partial charge on any atom is -0.365 e. The van der Waals surface area contributed by atoms with Crippen LogP contribution in [-0.2, 0) is 16.0 Å². The molecule has 0 spiro atoms. The van der Waals surface area contributed by atoms with Gasteiger partial charge in [0, 0.05) is 39.0 Å². The Balaban J connectivity index is 2.21. The SMILES string of the molecule is COC(CN1CC(C)NCc2ccccc21)OC. The lowest BCUT2D eigenvalue weighted by Gasteiger charge is -2.29. The monoisotopic (exact) mass is 250 g/mol. The molecule has 1 aliphatic heterocycles. The van der Waals surface area contributed by atoms with Crippen LogP contribution in [0.4, 0.5) is 5.69 Å². The van der Waals surface area contributed by atoms with E-state index in [1.807, 2.05) is 0 Å². The van der Waals surface area contributed by atoms with Gasteiger partial charge in [0.1, 0.15) is 0 Å². The van der Waals surface area contributed by atoms with E-state index < -0.39 is 0 Å². The van der Waals surface area contributed by atoms with Crippen LogP contribution < -0.4 is 10.2 Å². The fourth-order valence-corrected chi connectivity index (χ4v) is 2.34. The van der Waals surface area contributed by atoms with E-state index in [2.05, 4.69) is 41.4 Å². The second kappa shape index (κ2) is 6.18. The summed E-state index contributed by atoms with van der Waals surface area (Å²) in [5, 5.41) is 3.52. The van der Waals surface area contributed by atoms with Crippen molar-refractivity contribution in [3.63, 3.8) is 0 Å². The van der Waals surface area contributed by atoms with Crippen LogP contribution >= 0.6 is 0 Å². The van der Waals surface area contributed by atoms with E-state index in [0.717, 1.165) is 19.6 Å². The van der Waals surface area contributed by atoms with Gasteiger partial charge in [0.2, 0.25) is 0 Å². The highest BCUT2D eigenvalue weighted by Crippen LogP contribution is 2.23. The molecule has 1 N–H and O–H groups in total. The largest absolute Gasteiger partial charge is 0.365 e. The van der Waals surface area contributed by atoms with E-state index in [9.17, 15) is 0 Å². The van der Waals surface area contributed by atoms with Crippen LogP contribution in [0.5, 0.6) is 0 Å². The van der Waals surface area contributed by atoms with Crippen LogP contribution in [0, 0.1) is 0 Å². The van der Waals surface area contributed by atoms with Crippen LogP contribution in [0.25, 0.3) is 0 Å². The number of rotatable bonds is 4. The lowest BCUT2D eigenvalue weighted by molar-refractivity contribution is -0.0949. The zero-order valence-corrected chi connectivity index (χ0v) is 11.3. The standard InChI is InChI=1S/C14H22N2O2/c1-11-9-16(10-14(17-2)18-3)13-7-5-4-6-12(13)8-15-11/h4-7,11,14-15H,8-10H2,1-3H3. The molecule has 1 aromatic rings. The van der Waals surface area contributed by atoms with E-state index >= 15 is 0 Å². The highest BCUT2D eigenvalue weighted by Gasteiger charge is 2.21. The topological polar surface area (TPSA) is 33.7 Å².